The summed E-state index contributed by atoms with van der Waals surface area (Å²) in [5.41, 5.74) is 9.35. The Bertz CT molecular complexity index is 888. The van der Waals surface area contributed by atoms with Crippen LogP contribution in [0.15, 0.2) is 36.8 Å². The normalized spacial score (nSPS) is 11.4. The first kappa shape index (κ1) is 10.1. The van der Waals surface area contributed by atoms with Gasteiger partial charge in [0, 0.05) is 29.5 Å². The number of nitrogens with zero attached hydrogens (tertiary/aromatic N) is 3. The van der Waals surface area contributed by atoms with Crippen molar-refractivity contribution in [2.75, 3.05) is 5.73 Å². The smallest absolute Gasteiger partial charge is 0.137 e. The first-order valence-corrected chi connectivity index (χ1v) is 5.85. The van der Waals surface area contributed by atoms with Crippen LogP contribution in [-0.4, -0.2) is 25.1 Å². The number of aromatic nitrogens is 5. The number of hydrogen-bond donors (Lipinski definition) is 3. The number of nitrogens with one attached hydrogen (secondary N) is 2. The topological polar surface area (TPSA) is 96.3 Å². The Balaban J connectivity index is 2.03. The van der Waals surface area contributed by atoms with E-state index in [1.165, 1.54) is 0 Å². The quantitative estimate of drug-likeness (QED) is 0.482. The minimum absolute atomic E-state index is 0.468. The number of aromatic amines is 2. The molecular formula is C13H10N6. The third-order valence-corrected chi connectivity index (χ3v) is 3.18. The lowest BCUT2D eigenvalue weighted by atomic mass is 10.1. The predicted octanol–water partition coefficient (Wildman–Crippen LogP) is 2.08. The summed E-state index contributed by atoms with van der Waals surface area (Å²) < 4.78 is 0. The molecule has 4 aromatic rings. The van der Waals surface area contributed by atoms with Gasteiger partial charge in [0.05, 0.1) is 10.9 Å². The Hall–Kier alpha value is -2.89. The van der Waals surface area contributed by atoms with Gasteiger partial charge in [-0.1, -0.05) is 0 Å². The molecule has 6 nitrogen and oxygen atoms in total. The van der Waals surface area contributed by atoms with Crippen molar-refractivity contribution >= 4 is 27.8 Å². The minimum Gasteiger partial charge on any atom is -0.383 e. The minimum atomic E-state index is 0.468. The van der Waals surface area contributed by atoms with Crippen molar-refractivity contribution in [2.24, 2.45) is 0 Å². The van der Waals surface area contributed by atoms with Crippen molar-refractivity contribution in [3.8, 4) is 11.3 Å². The van der Waals surface area contributed by atoms with Gasteiger partial charge in [-0.25, -0.2) is 9.97 Å². The molecule has 0 fully saturated rings. The molecule has 0 spiro atoms. The molecule has 0 radical (unpaired) electrons. The number of H-pyrrole nitrogens is 2. The lowest BCUT2D eigenvalue weighted by molar-refractivity contribution is 1.12. The molecule has 4 rings (SSSR count). The second kappa shape index (κ2) is 3.55. The van der Waals surface area contributed by atoms with Crippen LogP contribution < -0.4 is 5.73 Å². The van der Waals surface area contributed by atoms with Gasteiger partial charge < -0.3 is 10.7 Å². The van der Waals surface area contributed by atoms with E-state index in [9.17, 15) is 0 Å². The molecule has 0 saturated heterocycles. The van der Waals surface area contributed by atoms with Gasteiger partial charge in [-0.3, -0.25) is 5.10 Å². The monoisotopic (exact) mass is 250 g/mol. The number of rotatable bonds is 1. The van der Waals surface area contributed by atoms with Crippen molar-refractivity contribution in [1.82, 2.24) is 25.1 Å². The van der Waals surface area contributed by atoms with E-state index in [-0.39, 0.29) is 0 Å². The summed E-state index contributed by atoms with van der Waals surface area (Å²) in [5, 5.41) is 9.16. The maximum absolute atomic E-state index is 5.93. The van der Waals surface area contributed by atoms with E-state index >= 15 is 0 Å². The van der Waals surface area contributed by atoms with Gasteiger partial charge in [0.2, 0.25) is 0 Å². The van der Waals surface area contributed by atoms with Crippen molar-refractivity contribution < 1.29 is 0 Å². The Morgan fingerprint density at radius 3 is 3.05 bits per heavy atom. The van der Waals surface area contributed by atoms with Gasteiger partial charge >= 0.3 is 0 Å². The second-order valence-electron chi connectivity index (χ2n) is 4.33. The molecule has 0 aromatic carbocycles. The van der Waals surface area contributed by atoms with Crippen molar-refractivity contribution in [1.29, 1.82) is 0 Å². The molecule has 0 amide bonds. The zero-order valence-corrected chi connectivity index (χ0v) is 9.88. The molecule has 0 aliphatic heterocycles. The third kappa shape index (κ3) is 1.40. The van der Waals surface area contributed by atoms with E-state index < -0.39 is 0 Å². The summed E-state index contributed by atoms with van der Waals surface area (Å²) in [6.45, 7) is 0. The third-order valence-electron chi connectivity index (χ3n) is 3.18. The highest BCUT2D eigenvalue weighted by atomic mass is 15.1. The summed E-state index contributed by atoms with van der Waals surface area (Å²) >= 11 is 0. The number of anilines is 1. The number of fused-ring (bicyclic) bond motifs is 2. The summed E-state index contributed by atoms with van der Waals surface area (Å²) in [7, 11) is 0. The van der Waals surface area contributed by atoms with Crippen LogP contribution in [0.4, 0.5) is 5.82 Å². The van der Waals surface area contributed by atoms with E-state index in [0.29, 0.717) is 5.82 Å². The highest BCUT2D eigenvalue weighted by molar-refractivity contribution is 6.00. The van der Waals surface area contributed by atoms with Crippen LogP contribution in [0.2, 0.25) is 0 Å². The number of nitrogen functional groups attached to an aromatic ring is 1. The van der Waals surface area contributed by atoms with E-state index in [4.69, 9.17) is 5.73 Å². The van der Waals surface area contributed by atoms with Crippen LogP contribution in [0.5, 0.6) is 0 Å². The molecule has 0 saturated carbocycles. The fourth-order valence-electron chi connectivity index (χ4n) is 2.27. The van der Waals surface area contributed by atoms with Gasteiger partial charge in [0.1, 0.15) is 17.2 Å². The molecule has 0 bridgehead atoms. The van der Waals surface area contributed by atoms with Gasteiger partial charge in [-0.15, -0.1) is 0 Å². The van der Waals surface area contributed by atoms with Crippen LogP contribution >= 0.6 is 0 Å². The van der Waals surface area contributed by atoms with Crippen molar-refractivity contribution in [3.63, 3.8) is 0 Å². The Kier molecular flexibility index (Phi) is 1.88. The summed E-state index contributed by atoms with van der Waals surface area (Å²) in [6.07, 6.45) is 5.30. The molecule has 0 aliphatic carbocycles. The van der Waals surface area contributed by atoms with Gasteiger partial charge in [-0.2, -0.15) is 5.10 Å². The number of pyridine rings is 2. The zero-order valence-electron chi connectivity index (χ0n) is 9.88. The molecule has 0 atom stereocenters. The van der Waals surface area contributed by atoms with E-state index in [2.05, 4.69) is 25.1 Å². The van der Waals surface area contributed by atoms with E-state index in [1.54, 1.807) is 12.4 Å². The molecule has 19 heavy (non-hydrogen) atoms. The Morgan fingerprint density at radius 2 is 2.11 bits per heavy atom. The maximum Gasteiger partial charge on any atom is 0.137 e. The standard InChI is InChI=1S/C13H10N6/c14-12-10-9(2-4-15-12)18-19-11(10)8-5-7-1-3-16-13(7)17-6-8/h1-6H,(H2,14,15)(H,16,17)(H,18,19). The SMILES string of the molecule is Nc1nccc2[nH]nc(-c3cnc4[nH]ccc4c3)c12. The van der Waals surface area contributed by atoms with Gasteiger partial charge in [0.25, 0.3) is 0 Å². The van der Waals surface area contributed by atoms with Crippen molar-refractivity contribution in [2.45, 2.75) is 0 Å². The second-order valence-corrected chi connectivity index (χ2v) is 4.33. The number of hydrogen-bond acceptors (Lipinski definition) is 4. The van der Waals surface area contributed by atoms with Crippen LogP contribution in [0.25, 0.3) is 33.2 Å². The Labute approximate surface area is 107 Å². The molecule has 6 heteroatoms. The first-order chi connectivity index (χ1) is 9.33. The number of nitrogens with two attached hydrogens (primary N) is 1. The van der Waals surface area contributed by atoms with E-state index in [1.807, 2.05) is 24.4 Å². The molecule has 0 unspecified atom stereocenters. The molecule has 4 heterocycles. The maximum atomic E-state index is 5.93. The van der Waals surface area contributed by atoms with Crippen LogP contribution in [0.3, 0.4) is 0 Å². The van der Waals surface area contributed by atoms with E-state index in [0.717, 1.165) is 33.2 Å². The van der Waals surface area contributed by atoms with Crippen LogP contribution in [0, 0.1) is 0 Å². The summed E-state index contributed by atoms with van der Waals surface area (Å²) in [5.74, 6) is 0.468. The van der Waals surface area contributed by atoms with Gasteiger partial charge in [-0.05, 0) is 18.2 Å². The van der Waals surface area contributed by atoms with Crippen molar-refractivity contribution in [3.05, 3.63) is 36.8 Å². The lowest BCUT2D eigenvalue weighted by Gasteiger charge is -2.00. The average molecular weight is 250 g/mol. The van der Waals surface area contributed by atoms with Crippen LogP contribution in [-0.2, 0) is 0 Å². The van der Waals surface area contributed by atoms with Gasteiger partial charge in [0.15, 0.2) is 0 Å². The lowest BCUT2D eigenvalue weighted by Crippen LogP contribution is -1.91. The fraction of sp³-hybridized carbons (Fsp3) is 0. The zero-order chi connectivity index (χ0) is 12.8. The molecular weight excluding hydrogens is 240 g/mol. The largest absolute Gasteiger partial charge is 0.383 e. The molecule has 0 aliphatic rings. The summed E-state index contributed by atoms with van der Waals surface area (Å²) in [6, 6.07) is 5.85. The summed E-state index contributed by atoms with van der Waals surface area (Å²) in [4.78, 5) is 11.5. The molecule has 4 aromatic heterocycles. The fourth-order valence-corrected chi connectivity index (χ4v) is 2.27. The highest BCUT2D eigenvalue weighted by Gasteiger charge is 2.12. The molecule has 92 valence electrons. The average Bonchev–Trinajstić information content (AvgIpc) is 3.04. The molecule has 4 N–H and O–H groups in total. The predicted molar refractivity (Wildman–Crippen MR) is 73.4 cm³/mol. The Morgan fingerprint density at radius 1 is 1.16 bits per heavy atom. The highest BCUT2D eigenvalue weighted by Crippen LogP contribution is 2.30. The first-order valence-electron chi connectivity index (χ1n) is 5.85. The van der Waals surface area contributed by atoms with Crippen LogP contribution in [0.1, 0.15) is 0 Å².